The van der Waals surface area contributed by atoms with Crippen LogP contribution in [0.25, 0.3) is 4.96 Å². The molecule has 0 N–H and O–H groups in total. The van der Waals surface area contributed by atoms with Crippen LogP contribution in [0, 0.1) is 10.1 Å². The highest BCUT2D eigenvalue weighted by Crippen LogP contribution is 2.32. The monoisotopic (exact) mass is 387 g/mol. The highest BCUT2D eigenvalue weighted by Gasteiger charge is 2.20. The van der Waals surface area contributed by atoms with E-state index in [1.165, 1.54) is 41.5 Å². The molecule has 2 aromatic heterocycles. The molecule has 140 valence electrons. The first kappa shape index (κ1) is 17.5. The third-order valence-corrected chi connectivity index (χ3v) is 5.70. The van der Waals surface area contributed by atoms with Crippen molar-refractivity contribution in [3.63, 3.8) is 0 Å². The number of rotatable bonds is 5. The van der Waals surface area contributed by atoms with Crippen molar-refractivity contribution < 1.29 is 14.4 Å². The lowest BCUT2D eigenvalue weighted by Crippen LogP contribution is -2.18. The van der Waals surface area contributed by atoms with Gasteiger partial charge in [0.15, 0.2) is 10.7 Å². The zero-order chi connectivity index (χ0) is 19.0. The van der Waals surface area contributed by atoms with Crippen LogP contribution in [-0.2, 0) is 19.4 Å². The number of fused-ring (bicyclic) bond motifs is 3. The molecule has 3 aromatic rings. The summed E-state index contributed by atoms with van der Waals surface area (Å²) in [6.45, 7) is -0.0263. The summed E-state index contributed by atoms with van der Waals surface area (Å²) in [5.74, 6) is 0.476. The number of nitro groups is 1. The number of nitro benzene ring substituents is 1. The van der Waals surface area contributed by atoms with E-state index in [1.807, 2.05) is 0 Å². The minimum atomic E-state index is -0.531. The van der Waals surface area contributed by atoms with Crippen molar-refractivity contribution in [1.29, 1.82) is 0 Å². The van der Waals surface area contributed by atoms with E-state index in [2.05, 4.69) is 4.98 Å². The van der Waals surface area contributed by atoms with Gasteiger partial charge in [0.25, 0.3) is 5.56 Å². The smallest absolute Gasteiger partial charge is 0.314 e. The maximum atomic E-state index is 12.6. The number of benzene rings is 1. The standard InChI is InChI=1S/C18H17N3O5S/c1-25-12-6-7-15(14(9-12)21(23)24)26-10-11-8-17(22)20-13-4-2-3-5-16(13)27-18(20)19-11/h6-9H,2-5,10H2,1H3. The minimum Gasteiger partial charge on any atom is -0.496 e. The van der Waals surface area contributed by atoms with Crippen molar-refractivity contribution >= 4 is 22.0 Å². The maximum Gasteiger partial charge on any atom is 0.314 e. The Morgan fingerprint density at radius 2 is 2.11 bits per heavy atom. The molecular formula is C18H17N3O5S. The van der Waals surface area contributed by atoms with Crippen LogP contribution < -0.4 is 15.0 Å². The Morgan fingerprint density at radius 3 is 2.89 bits per heavy atom. The van der Waals surface area contributed by atoms with Crippen LogP contribution in [0.1, 0.15) is 29.1 Å². The van der Waals surface area contributed by atoms with E-state index in [9.17, 15) is 14.9 Å². The van der Waals surface area contributed by atoms with E-state index in [0.717, 1.165) is 31.4 Å². The Balaban J connectivity index is 1.63. The van der Waals surface area contributed by atoms with Crippen molar-refractivity contribution in [2.75, 3.05) is 7.11 Å². The van der Waals surface area contributed by atoms with Crippen molar-refractivity contribution in [3.8, 4) is 11.5 Å². The largest absolute Gasteiger partial charge is 0.496 e. The van der Waals surface area contributed by atoms with E-state index in [0.29, 0.717) is 16.4 Å². The quantitative estimate of drug-likeness (QED) is 0.493. The number of hydrogen-bond acceptors (Lipinski definition) is 7. The molecule has 4 rings (SSSR count). The van der Waals surface area contributed by atoms with Gasteiger partial charge in [-0.1, -0.05) is 0 Å². The summed E-state index contributed by atoms with van der Waals surface area (Å²) in [7, 11) is 1.44. The number of ether oxygens (including phenoxy) is 2. The summed E-state index contributed by atoms with van der Waals surface area (Å²) in [6.07, 6.45) is 4.08. The van der Waals surface area contributed by atoms with E-state index < -0.39 is 4.92 Å². The van der Waals surface area contributed by atoms with Gasteiger partial charge in [0.2, 0.25) is 0 Å². The van der Waals surface area contributed by atoms with Crippen molar-refractivity contribution in [2.45, 2.75) is 32.3 Å². The number of aromatic nitrogens is 2. The molecule has 1 aromatic carbocycles. The Bertz CT molecular complexity index is 1090. The molecule has 27 heavy (non-hydrogen) atoms. The fourth-order valence-corrected chi connectivity index (χ4v) is 4.49. The topological polar surface area (TPSA) is 96.0 Å². The van der Waals surface area contributed by atoms with Gasteiger partial charge in [-0.25, -0.2) is 4.98 Å². The molecule has 1 aliphatic carbocycles. The zero-order valence-corrected chi connectivity index (χ0v) is 15.5. The molecule has 0 saturated carbocycles. The van der Waals surface area contributed by atoms with Crippen LogP contribution in [-0.4, -0.2) is 21.4 Å². The number of nitrogens with zero attached hydrogens (tertiary/aromatic N) is 3. The summed E-state index contributed by atoms with van der Waals surface area (Å²) in [6, 6.07) is 5.80. The fraction of sp³-hybridized carbons (Fsp3) is 0.333. The molecule has 0 saturated heterocycles. The third-order valence-electron chi connectivity index (χ3n) is 4.55. The molecule has 2 heterocycles. The molecule has 0 fully saturated rings. The fourth-order valence-electron chi connectivity index (χ4n) is 3.26. The first-order valence-electron chi connectivity index (χ1n) is 8.55. The average Bonchev–Trinajstić information content (AvgIpc) is 3.05. The number of thiazole rings is 1. The molecule has 0 aliphatic heterocycles. The number of methoxy groups -OCH3 is 1. The Morgan fingerprint density at radius 1 is 1.30 bits per heavy atom. The van der Waals surface area contributed by atoms with Gasteiger partial charge in [0.1, 0.15) is 12.4 Å². The van der Waals surface area contributed by atoms with Crippen molar-refractivity contribution in [2.24, 2.45) is 0 Å². The Kier molecular flexibility index (Phi) is 4.53. The summed E-state index contributed by atoms with van der Waals surface area (Å²) >= 11 is 1.53. The van der Waals surface area contributed by atoms with Crippen LogP contribution in [0.15, 0.2) is 29.1 Å². The lowest BCUT2D eigenvalue weighted by atomic mass is 10.0. The number of aryl methyl sites for hydroxylation is 2. The lowest BCUT2D eigenvalue weighted by Gasteiger charge is -2.10. The van der Waals surface area contributed by atoms with Gasteiger partial charge in [-0.05, 0) is 37.8 Å². The van der Waals surface area contributed by atoms with Crippen LogP contribution in [0.4, 0.5) is 5.69 Å². The molecule has 0 bridgehead atoms. The molecule has 0 radical (unpaired) electrons. The van der Waals surface area contributed by atoms with E-state index in [4.69, 9.17) is 9.47 Å². The van der Waals surface area contributed by atoms with Crippen LogP contribution in [0.2, 0.25) is 0 Å². The van der Waals surface area contributed by atoms with Crippen molar-refractivity contribution in [3.05, 3.63) is 61.0 Å². The summed E-state index contributed by atoms with van der Waals surface area (Å²) in [4.78, 5) is 29.7. The average molecular weight is 387 g/mol. The van der Waals surface area contributed by atoms with Crippen LogP contribution in [0.3, 0.4) is 0 Å². The molecule has 9 heteroatoms. The highest BCUT2D eigenvalue weighted by atomic mass is 32.1. The maximum absolute atomic E-state index is 12.6. The molecule has 0 spiro atoms. The van der Waals surface area contributed by atoms with E-state index >= 15 is 0 Å². The van der Waals surface area contributed by atoms with Gasteiger partial charge in [-0.3, -0.25) is 19.3 Å². The predicted octanol–water partition coefficient (Wildman–Crippen LogP) is 3.13. The van der Waals surface area contributed by atoms with E-state index in [1.54, 1.807) is 10.5 Å². The summed E-state index contributed by atoms with van der Waals surface area (Å²) in [5.41, 5.74) is 1.18. The second-order valence-corrected chi connectivity index (χ2v) is 7.32. The Hall–Kier alpha value is -2.94. The molecule has 0 unspecified atom stereocenters. The van der Waals surface area contributed by atoms with Gasteiger partial charge in [-0.15, -0.1) is 11.3 Å². The zero-order valence-electron chi connectivity index (χ0n) is 14.6. The third kappa shape index (κ3) is 3.25. The second kappa shape index (κ2) is 6.99. The minimum absolute atomic E-state index is 0.0263. The van der Waals surface area contributed by atoms with Gasteiger partial charge in [0, 0.05) is 16.6 Å². The van der Waals surface area contributed by atoms with Gasteiger partial charge < -0.3 is 9.47 Å². The van der Waals surface area contributed by atoms with E-state index in [-0.39, 0.29) is 23.6 Å². The molecule has 1 aliphatic rings. The predicted molar refractivity (Wildman–Crippen MR) is 100.0 cm³/mol. The molecule has 0 amide bonds. The second-order valence-electron chi connectivity index (χ2n) is 6.26. The van der Waals surface area contributed by atoms with Gasteiger partial charge in [-0.2, -0.15) is 0 Å². The van der Waals surface area contributed by atoms with Crippen LogP contribution in [0.5, 0.6) is 11.5 Å². The SMILES string of the molecule is COc1ccc(OCc2cc(=O)n3c4c(sc3n2)CCCC4)c([N+](=O)[O-])c1. The molecule has 0 atom stereocenters. The highest BCUT2D eigenvalue weighted by molar-refractivity contribution is 7.17. The molecule has 8 nitrogen and oxygen atoms in total. The normalized spacial score (nSPS) is 13.4. The first-order valence-corrected chi connectivity index (χ1v) is 9.37. The van der Waals surface area contributed by atoms with Crippen LogP contribution >= 0.6 is 11.3 Å². The molecular weight excluding hydrogens is 370 g/mol. The Labute approximate surface area is 158 Å². The summed E-state index contributed by atoms with van der Waals surface area (Å²) < 4.78 is 12.3. The van der Waals surface area contributed by atoms with Gasteiger partial charge >= 0.3 is 5.69 Å². The van der Waals surface area contributed by atoms with Crippen molar-refractivity contribution in [1.82, 2.24) is 9.38 Å². The first-order chi connectivity index (χ1) is 13.1. The lowest BCUT2D eigenvalue weighted by molar-refractivity contribution is -0.386. The number of hydrogen-bond donors (Lipinski definition) is 0. The van der Waals surface area contributed by atoms with Gasteiger partial charge in [0.05, 0.1) is 23.8 Å². The summed E-state index contributed by atoms with van der Waals surface area (Å²) in [5, 5.41) is 11.2.